The van der Waals surface area contributed by atoms with Gasteiger partial charge >= 0.3 is 0 Å². The highest BCUT2D eigenvalue weighted by Crippen LogP contribution is 2.28. The topological polar surface area (TPSA) is 40.6 Å². The molecular formula is C19H20N2O2. The van der Waals surface area contributed by atoms with Gasteiger partial charge in [0.25, 0.3) is 0 Å². The number of likely N-dealkylation sites (N-methyl/N-ethyl adjacent to an activating group) is 1. The Morgan fingerprint density at radius 2 is 1.87 bits per heavy atom. The molecule has 2 aromatic carbocycles. The number of carbonyl (C=O) groups is 2. The first-order valence-electron chi connectivity index (χ1n) is 7.76. The molecule has 118 valence electrons. The van der Waals surface area contributed by atoms with Crippen molar-refractivity contribution in [1.29, 1.82) is 0 Å². The molecule has 4 nitrogen and oxygen atoms in total. The molecule has 0 aromatic heterocycles. The maximum atomic E-state index is 12.5. The van der Waals surface area contributed by atoms with Crippen molar-refractivity contribution in [3.8, 4) is 0 Å². The first kappa shape index (κ1) is 15.3. The summed E-state index contributed by atoms with van der Waals surface area (Å²) in [4.78, 5) is 27.6. The molecule has 1 heterocycles. The number of fused-ring (bicyclic) bond motifs is 1. The minimum atomic E-state index is 0.0522. The Morgan fingerprint density at radius 3 is 2.61 bits per heavy atom. The molecule has 0 aliphatic carbocycles. The van der Waals surface area contributed by atoms with E-state index in [-0.39, 0.29) is 11.8 Å². The Labute approximate surface area is 136 Å². The average molecular weight is 308 g/mol. The van der Waals surface area contributed by atoms with Gasteiger partial charge in [-0.15, -0.1) is 0 Å². The van der Waals surface area contributed by atoms with Crippen molar-refractivity contribution in [3.05, 3.63) is 59.7 Å². The molecule has 23 heavy (non-hydrogen) atoms. The maximum absolute atomic E-state index is 12.5. The number of anilines is 2. The Kier molecular flexibility index (Phi) is 4.15. The number of amides is 2. The second kappa shape index (κ2) is 6.24. The summed E-state index contributed by atoms with van der Waals surface area (Å²) in [6.07, 6.45) is 1.64. The maximum Gasteiger partial charge on any atom is 0.231 e. The molecule has 0 fully saturated rings. The molecule has 0 saturated carbocycles. The number of hydrogen-bond donors (Lipinski definition) is 0. The molecule has 2 aromatic rings. The molecular weight excluding hydrogens is 288 g/mol. The first-order valence-corrected chi connectivity index (χ1v) is 7.76. The molecule has 0 unspecified atom stereocenters. The highest BCUT2D eigenvalue weighted by Gasteiger charge is 2.21. The van der Waals surface area contributed by atoms with E-state index in [9.17, 15) is 9.59 Å². The second-order valence-corrected chi connectivity index (χ2v) is 5.88. The van der Waals surface area contributed by atoms with Crippen LogP contribution >= 0.6 is 0 Å². The molecule has 0 atom stereocenters. The largest absolute Gasteiger partial charge is 0.315 e. The summed E-state index contributed by atoms with van der Waals surface area (Å²) in [6.45, 7) is 0. The third-order valence-corrected chi connectivity index (χ3v) is 4.36. The number of rotatable bonds is 3. The third kappa shape index (κ3) is 3.11. The number of nitrogens with zero attached hydrogens (tertiary/aromatic N) is 2. The Bertz CT molecular complexity index is 740. The Hall–Kier alpha value is -2.62. The van der Waals surface area contributed by atoms with Gasteiger partial charge in [0.2, 0.25) is 11.8 Å². The van der Waals surface area contributed by atoms with Gasteiger partial charge in [-0.3, -0.25) is 9.59 Å². The van der Waals surface area contributed by atoms with E-state index in [1.807, 2.05) is 42.5 Å². The molecule has 2 amide bonds. The van der Waals surface area contributed by atoms with E-state index in [4.69, 9.17) is 0 Å². The van der Waals surface area contributed by atoms with Crippen LogP contribution in [0.3, 0.4) is 0 Å². The summed E-state index contributed by atoms with van der Waals surface area (Å²) in [6, 6.07) is 15.5. The lowest BCUT2D eigenvalue weighted by Gasteiger charge is -2.26. The highest BCUT2D eigenvalue weighted by atomic mass is 16.2. The van der Waals surface area contributed by atoms with Crippen molar-refractivity contribution in [1.82, 2.24) is 0 Å². The quantitative estimate of drug-likeness (QED) is 0.875. The zero-order valence-corrected chi connectivity index (χ0v) is 13.5. The van der Waals surface area contributed by atoms with Crippen LogP contribution in [0.5, 0.6) is 0 Å². The molecule has 1 aliphatic rings. The summed E-state index contributed by atoms with van der Waals surface area (Å²) in [5.41, 5.74) is 3.97. The molecule has 0 N–H and O–H groups in total. The number of aryl methyl sites for hydroxylation is 1. The standard InChI is InChI=1S/C19H20N2O2/c1-20(16-6-4-3-5-7-16)19(23)13-14-8-10-17-15(12-14)9-11-18(22)21(17)2/h3-8,10,12H,9,11,13H2,1-2H3. The van der Waals surface area contributed by atoms with E-state index in [1.165, 1.54) is 0 Å². The lowest BCUT2D eigenvalue weighted by atomic mass is 9.98. The van der Waals surface area contributed by atoms with Crippen molar-refractivity contribution in [2.75, 3.05) is 23.9 Å². The minimum Gasteiger partial charge on any atom is -0.315 e. The lowest BCUT2D eigenvalue weighted by Crippen LogP contribution is -2.31. The van der Waals surface area contributed by atoms with E-state index in [0.717, 1.165) is 28.9 Å². The number of hydrogen-bond acceptors (Lipinski definition) is 2. The van der Waals surface area contributed by atoms with Gasteiger partial charge in [-0.1, -0.05) is 30.3 Å². The summed E-state index contributed by atoms with van der Waals surface area (Å²) >= 11 is 0. The predicted molar refractivity (Wildman–Crippen MR) is 91.7 cm³/mol. The molecule has 1 aliphatic heterocycles. The van der Waals surface area contributed by atoms with E-state index >= 15 is 0 Å². The van der Waals surface area contributed by atoms with Crippen molar-refractivity contribution >= 4 is 23.2 Å². The van der Waals surface area contributed by atoms with Crippen molar-refractivity contribution in [2.24, 2.45) is 0 Å². The van der Waals surface area contributed by atoms with Gasteiger partial charge in [0.05, 0.1) is 6.42 Å². The molecule has 3 rings (SSSR count). The molecule has 0 radical (unpaired) electrons. The van der Waals surface area contributed by atoms with Gasteiger partial charge in [0.1, 0.15) is 0 Å². The van der Waals surface area contributed by atoms with Crippen LogP contribution in [0, 0.1) is 0 Å². The fraction of sp³-hybridized carbons (Fsp3) is 0.263. The van der Waals surface area contributed by atoms with Crippen LogP contribution in [0.25, 0.3) is 0 Å². The van der Waals surface area contributed by atoms with E-state index < -0.39 is 0 Å². The minimum absolute atomic E-state index is 0.0522. The smallest absolute Gasteiger partial charge is 0.231 e. The summed E-state index contributed by atoms with van der Waals surface area (Å²) < 4.78 is 0. The Morgan fingerprint density at radius 1 is 1.13 bits per heavy atom. The van der Waals surface area contributed by atoms with Crippen molar-refractivity contribution < 1.29 is 9.59 Å². The van der Waals surface area contributed by atoms with Gasteiger partial charge in [-0.05, 0) is 35.7 Å². The van der Waals surface area contributed by atoms with Gasteiger partial charge in [0.15, 0.2) is 0 Å². The van der Waals surface area contributed by atoms with Crippen molar-refractivity contribution in [3.63, 3.8) is 0 Å². The highest BCUT2D eigenvalue weighted by molar-refractivity contribution is 5.96. The molecule has 0 bridgehead atoms. The number of benzene rings is 2. The molecule has 4 heteroatoms. The zero-order valence-electron chi connectivity index (χ0n) is 13.5. The second-order valence-electron chi connectivity index (χ2n) is 5.88. The summed E-state index contributed by atoms with van der Waals surface area (Å²) in [7, 11) is 3.59. The van der Waals surface area contributed by atoms with Crippen LogP contribution in [0.2, 0.25) is 0 Å². The molecule has 0 saturated heterocycles. The SMILES string of the molecule is CN(C(=O)Cc1ccc2c(c1)CCC(=O)N2C)c1ccccc1. The van der Waals surface area contributed by atoms with E-state index in [0.29, 0.717) is 12.8 Å². The summed E-state index contributed by atoms with van der Waals surface area (Å²) in [5.74, 6) is 0.196. The first-order chi connectivity index (χ1) is 11.1. The fourth-order valence-corrected chi connectivity index (χ4v) is 2.91. The van der Waals surface area contributed by atoms with Crippen LogP contribution in [0.1, 0.15) is 17.5 Å². The summed E-state index contributed by atoms with van der Waals surface area (Å²) in [5, 5.41) is 0. The zero-order chi connectivity index (χ0) is 16.4. The van der Waals surface area contributed by atoms with Crippen LogP contribution < -0.4 is 9.80 Å². The fourth-order valence-electron chi connectivity index (χ4n) is 2.91. The number of para-hydroxylation sites is 1. The van der Waals surface area contributed by atoms with Gasteiger partial charge < -0.3 is 9.80 Å². The van der Waals surface area contributed by atoms with Crippen molar-refractivity contribution in [2.45, 2.75) is 19.3 Å². The Balaban J connectivity index is 1.76. The molecule has 0 spiro atoms. The van der Waals surface area contributed by atoms with E-state index in [1.54, 1.807) is 23.9 Å². The van der Waals surface area contributed by atoms with E-state index in [2.05, 4.69) is 6.07 Å². The predicted octanol–water partition coefficient (Wildman–Crippen LogP) is 2.80. The van der Waals surface area contributed by atoms with Crippen LogP contribution in [0.4, 0.5) is 11.4 Å². The van der Waals surface area contributed by atoms with Gasteiger partial charge in [0, 0.05) is 31.9 Å². The monoisotopic (exact) mass is 308 g/mol. The van der Waals surface area contributed by atoms with Crippen LogP contribution in [0.15, 0.2) is 48.5 Å². The van der Waals surface area contributed by atoms with Gasteiger partial charge in [-0.2, -0.15) is 0 Å². The lowest BCUT2D eigenvalue weighted by molar-refractivity contribution is -0.119. The third-order valence-electron chi connectivity index (χ3n) is 4.36. The number of carbonyl (C=O) groups excluding carboxylic acids is 2. The normalized spacial score (nSPS) is 13.7. The van der Waals surface area contributed by atoms with Crippen LogP contribution in [-0.2, 0) is 22.4 Å². The van der Waals surface area contributed by atoms with Crippen LogP contribution in [-0.4, -0.2) is 25.9 Å². The van der Waals surface area contributed by atoms with Gasteiger partial charge in [-0.25, -0.2) is 0 Å². The average Bonchev–Trinajstić information content (AvgIpc) is 2.58.